The molecule has 4 bridgehead atoms. The highest BCUT2D eigenvalue weighted by Crippen LogP contribution is 2.70. The molecule has 0 atom stereocenters. The van der Waals surface area contributed by atoms with E-state index in [1.54, 1.807) is 78.2 Å². The molecule has 0 spiro atoms. The van der Waals surface area contributed by atoms with Crippen LogP contribution in [0.2, 0.25) is 15.5 Å². The Morgan fingerprint density at radius 3 is 1.71 bits per heavy atom. The summed E-state index contributed by atoms with van der Waals surface area (Å²) in [5.74, 6) is 0.548. The highest BCUT2D eigenvalue weighted by atomic mass is 35.5. The number of aromatic nitrogens is 6. The molecule has 4 aromatic heterocycles. The van der Waals surface area contributed by atoms with Gasteiger partial charge in [-0.3, -0.25) is 0 Å². The molecule has 4 heterocycles. The summed E-state index contributed by atoms with van der Waals surface area (Å²) in [6.07, 6.45) is 7.17. The van der Waals surface area contributed by atoms with Crippen molar-refractivity contribution in [3.05, 3.63) is 75.4 Å². The Bertz CT molecular complexity index is 2010. The van der Waals surface area contributed by atoms with Crippen molar-refractivity contribution in [3.8, 4) is 17.6 Å². The minimum atomic E-state index is -0.931. The molecule has 0 aromatic carbocycles. The Morgan fingerprint density at radius 1 is 0.745 bits per heavy atom. The van der Waals surface area contributed by atoms with E-state index in [0.29, 0.717) is 69.3 Å². The lowest BCUT2D eigenvalue weighted by atomic mass is 9.43. The molecular weight excluding hydrogens is 781 g/mol. The average Bonchev–Trinajstić information content (AvgIpc) is 3.71. The largest absolute Gasteiger partial charge is 0.477 e. The van der Waals surface area contributed by atoms with E-state index in [4.69, 9.17) is 53.8 Å². The minimum Gasteiger partial charge on any atom is -0.477 e. The number of aromatic amines is 1. The number of carbonyl (C=O) groups excluding carboxylic acids is 2. The van der Waals surface area contributed by atoms with Crippen molar-refractivity contribution in [1.82, 2.24) is 29.9 Å². The molecule has 0 aliphatic heterocycles. The van der Waals surface area contributed by atoms with Gasteiger partial charge in [0.1, 0.15) is 38.0 Å². The Labute approximate surface area is 332 Å². The lowest BCUT2D eigenvalue weighted by Crippen LogP contribution is -2.66. The first-order chi connectivity index (χ1) is 25.6. The fourth-order valence-electron chi connectivity index (χ4n) is 7.26. The summed E-state index contributed by atoms with van der Waals surface area (Å²) in [6.45, 7) is 11.8. The smallest absolute Gasteiger partial charge is 0.341 e. The van der Waals surface area contributed by atoms with Crippen molar-refractivity contribution in [3.63, 3.8) is 0 Å². The van der Waals surface area contributed by atoms with Gasteiger partial charge in [0.25, 0.3) is 0 Å². The summed E-state index contributed by atoms with van der Waals surface area (Å²) in [5.41, 5.74) is -2.36. The van der Waals surface area contributed by atoms with Crippen LogP contribution in [0.1, 0.15) is 101 Å². The molecule has 6 aliphatic carbocycles. The van der Waals surface area contributed by atoms with Crippen LogP contribution in [-0.4, -0.2) is 77.6 Å². The molecule has 0 unspecified atom stereocenters. The maximum atomic E-state index is 13.6. The lowest BCUT2D eigenvalue weighted by molar-refractivity contribution is -0.226. The normalized spacial score (nSPS) is 25.5. The van der Waals surface area contributed by atoms with Gasteiger partial charge in [-0.25, -0.2) is 38.1 Å². The Balaban J connectivity index is 0.000000155. The van der Waals surface area contributed by atoms with Gasteiger partial charge in [-0.15, -0.1) is 5.10 Å². The van der Waals surface area contributed by atoms with Crippen LogP contribution >= 0.6 is 34.8 Å². The topological polar surface area (TPSA) is 143 Å². The zero-order valence-electron chi connectivity index (χ0n) is 31.4. The maximum absolute atomic E-state index is 13.6. The predicted octanol–water partition coefficient (Wildman–Crippen LogP) is 9.17. The van der Waals surface area contributed by atoms with E-state index in [9.17, 15) is 18.4 Å². The van der Waals surface area contributed by atoms with Gasteiger partial charge in [0.05, 0.1) is 30.5 Å². The minimum absolute atomic E-state index is 0.00481. The molecule has 1 N–H and O–H groups in total. The molecule has 0 amide bonds. The number of hydrogen-bond donors (Lipinski definition) is 1. The Morgan fingerprint density at radius 2 is 1.25 bits per heavy atom. The van der Waals surface area contributed by atoms with Crippen LogP contribution in [0.25, 0.3) is 5.82 Å². The van der Waals surface area contributed by atoms with Gasteiger partial charge in [0.2, 0.25) is 11.8 Å². The predicted molar refractivity (Wildman–Crippen MR) is 201 cm³/mol. The molecule has 6 aliphatic rings. The zero-order chi connectivity index (χ0) is 40.0. The molecular formula is C38H43Cl3F2N6O6. The van der Waals surface area contributed by atoms with Crippen LogP contribution in [0.4, 0.5) is 8.78 Å². The third kappa shape index (κ3) is 9.87. The highest BCUT2D eigenvalue weighted by molar-refractivity contribution is 6.34. The standard InChI is InChI=1S/C19H21ClFN3O3.C10H11Cl2NO2.C9H11FN2O/c1-17(2,3)27-16(25)12-4-5-13(22-15(12)20)24-7-6-14(23-24)26-11-18-8-19(21,9-18)10-18;1-10(2,3)15-9(14)6-4-5-7(11)13-8(6)12;10-9-3-8(4-9,5-9)6-13-7-1-2-11-12-7/h4-7H,8-11H2,1-3H3;4-5H,1-3H3;1-2H,3-6H2,(H,11,12). The molecule has 6 fully saturated rings. The number of ether oxygens (including phenoxy) is 4. The number of halogens is 5. The number of carbonyl (C=O) groups is 2. The van der Waals surface area contributed by atoms with Crippen molar-refractivity contribution in [2.45, 2.75) is 103 Å². The molecule has 17 heteroatoms. The lowest BCUT2D eigenvalue weighted by Gasteiger charge is -2.65. The van der Waals surface area contributed by atoms with Crippen molar-refractivity contribution >= 4 is 46.7 Å². The second kappa shape index (κ2) is 14.8. The summed E-state index contributed by atoms with van der Waals surface area (Å²) in [5, 5.41) is 11.1. The molecule has 12 nitrogen and oxygen atoms in total. The third-order valence-electron chi connectivity index (χ3n) is 9.37. The number of nitrogens with zero attached hydrogens (tertiary/aromatic N) is 5. The van der Waals surface area contributed by atoms with Gasteiger partial charge >= 0.3 is 11.9 Å². The number of hydrogen-bond acceptors (Lipinski definition) is 10. The summed E-state index contributed by atoms with van der Waals surface area (Å²) in [7, 11) is 0. The molecule has 55 heavy (non-hydrogen) atoms. The fourth-order valence-corrected chi connectivity index (χ4v) is 7.90. The second-order valence-corrected chi connectivity index (χ2v) is 18.0. The van der Waals surface area contributed by atoms with Crippen LogP contribution < -0.4 is 9.47 Å². The first-order valence-corrected chi connectivity index (χ1v) is 18.8. The summed E-state index contributed by atoms with van der Waals surface area (Å²) in [4.78, 5) is 31.7. The monoisotopic (exact) mass is 822 g/mol. The van der Waals surface area contributed by atoms with Crippen molar-refractivity contribution in [2.24, 2.45) is 10.8 Å². The molecule has 0 saturated heterocycles. The molecule has 4 aromatic rings. The van der Waals surface area contributed by atoms with Gasteiger partial charge < -0.3 is 18.9 Å². The number of esters is 2. The maximum Gasteiger partial charge on any atom is 0.341 e. The Kier molecular flexibility index (Phi) is 10.9. The SMILES string of the molecule is CC(C)(C)OC(=O)c1ccc(-n2ccc(OCC34CC(F)(C3)C4)n2)nc1Cl.CC(C)(C)OC(=O)c1ccc(Cl)nc1Cl.FC12CC(COc3ccn[nH]3)(C1)C2. The number of rotatable bonds is 9. The molecule has 0 radical (unpaired) electrons. The van der Waals surface area contributed by atoms with Gasteiger partial charge in [0.15, 0.2) is 5.82 Å². The van der Waals surface area contributed by atoms with Gasteiger partial charge in [-0.2, -0.15) is 5.10 Å². The summed E-state index contributed by atoms with van der Waals surface area (Å²) in [6, 6.07) is 9.67. The average molecular weight is 824 g/mol. The van der Waals surface area contributed by atoms with E-state index < -0.39 is 34.5 Å². The second-order valence-electron chi connectivity index (χ2n) is 16.9. The van der Waals surface area contributed by atoms with Crippen LogP contribution in [-0.2, 0) is 9.47 Å². The van der Waals surface area contributed by atoms with E-state index in [0.717, 1.165) is 0 Å². The number of alkyl halides is 2. The first-order valence-electron chi connectivity index (χ1n) is 17.7. The number of nitrogens with one attached hydrogen (secondary N) is 1. The fraction of sp³-hybridized carbons (Fsp3) is 0.526. The highest BCUT2D eigenvalue weighted by Gasteiger charge is 2.70. The zero-order valence-corrected chi connectivity index (χ0v) is 33.6. The van der Waals surface area contributed by atoms with Gasteiger partial charge in [-0.1, -0.05) is 34.8 Å². The van der Waals surface area contributed by atoms with Crippen LogP contribution in [0.15, 0.2) is 48.8 Å². The number of H-pyrrole nitrogens is 1. The van der Waals surface area contributed by atoms with Gasteiger partial charge in [0, 0.05) is 29.2 Å². The van der Waals surface area contributed by atoms with Crippen molar-refractivity contribution < 1.29 is 37.3 Å². The van der Waals surface area contributed by atoms with Gasteiger partial charge in [-0.05, 0) is 104 Å². The van der Waals surface area contributed by atoms with Crippen molar-refractivity contribution in [2.75, 3.05) is 13.2 Å². The first kappa shape index (κ1) is 40.6. The van der Waals surface area contributed by atoms with Crippen LogP contribution in [0.3, 0.4) is 0 Å². The van der Waals surface area contributed by atoms with E-state index in [1.165, 1.54) is 16.8 Å². The molecule has 10 rings (SSSR count). The molecule has 296 valence electrons. The van der Waals surface area contributed by atoms with Crippen LogP contribution in [0, 0.1) is 10.8 Å². The van der Waals surface area contributed by atoms with E-state index in [-0.39, 0.29) is 37.4 Å². The quantitative estimate of drug-likeness (QED) is 0.128. The van der Waals surface area contributed by atoms with E-state index in [2.05, 4.69) is 25.3 Å². The summed E-state index contributed by atoms with van der Waals surface area (Å²) >= 11 is 17.5. The Hall–Kier alpha value is -4.01. The third-order valence-corrected chi connectivity index (χ3v) is 10.2. The summed E-state index contributed by atoms with van der Waals surface area (Å²) < 4.78 is 49.8. The van der Waals surface area contributed by atoms with Crippen molar-refractivity contribution in [1.29, 1.82) is 0 Å². The van der Waals surface area contributed by atoms with Crippen LogP contribution in [0.5, 0.6) is 11.8 Å². The molecule has 6 saturated carbocycles. The van der Waals surface area contributed by atoms with E-state index >= 15 is 0 Å². The van der Waals surface area contributed by atoms with E-state index in [1.807, 2.05) is 0 Å². The number of pyridine rings is 2.